The fraction of sp³-hybridized carbons (Fsp3) is 0. The van der Waals surface area contributed by atoms with Crippen LogP contribution in [-0.4, -0.2) is 5.91 Å². The van der Waals surface area contributed by atoms with Crippen LogP contribution in [0.1, 0.15) is 10.4 Å². The molecule has 0 fully saturated rings. The minimum atomic E-state index is -0.143. The Morgan fingerprint density at radius 3 is 2.00 bits per heavy atom. The molecular formula is C19H13Cl2NO. The molecule has 1 amide bonds. The van der Waals surface area contributed by atoms with E-state index in [9.17, 15) is 4.79 Å². The molecular weight excluding hydrogens is 329 g/mol. The third-order valence-corrected chi connectivity index (χ3v) is 3.86. The van der Waals surface area contributed by atoms with Crippen LogP contribution in [0.3, 0.4) is 0 Å². The van der Waals surface area contributed by atoms with Crippen molar-refractivity contribution in [2.45, 2.75) is 0 Å². The summed E-state index contributed by atoms with van der Waals surface area (Å²) in [5, 5.41) is 1.17. The molecule has 23 heavy (non-hydrogen) atoms. The van der Waals surface area contributed by atoms with Gasteiger partial charge in [-0.2, -0.15) is 0 Å². The maximum absolute atomic E-state index is 13.0. The first-order valence-corrected chi connectivity index (χ1v) is 7.81. The second-order valence-electron chi connectivity index (χ2n) is 4.96. The lowest BCUT2D eigenvalue weighted by Crippen LogP contribution is -2.25. The normalized spacial score (nSPS) is 10.3. The van der Waals surface area contributed by atoms with Gasteiger partial charge in [-0.15, -0.1) is 0 Å². The predicted octanol–water partition coefficient (Wildman–Crippen LogP) is 5.97. The van der Waals surface area contributed by atoms with Gasteiger partial charge < -0.3 is 0 Å². The molecule has 0 spiro atoms. The molecule has 3 aromatic carbocycles. The molecule has 4 heteroatoms. The van der Waals surface area contributed by atoms with Crippen LogP contribution in [0.15, 0.2) is 78.9 Å². The standard InChI is InChI=1S/C19H13Cl2NO/c20-15-11-9-14(10-12-15)19(23)22(17-6-2-1-3-7-17)18-8-4-5-16(21)13-18/h1-13H. The summed E-state index contributed by atoms with van der Waals surface area (Å²) in [6.07, 6.45) is 0. The zero-order valence-electron chi connectivity index (χ0n) is 12.1. The fourth-order valence-corrected chi connectivity index (χ4v) is 2.61. The molecule has 0 heterocycles. The van der Waals surface area contributed by atoms with Crippen molar-refractivity contribution in [1.82, 2.24) is 0 Å². The number of nitrogens with zero attached hydrogens (tertiary/aromatic N) is 1. The minimum absolute atomic E-state index is 0.143. The van der Waals surface area contributed by atoms with E-state index in [0.717, 1.165) is 5.69 Å². The average Bonchev–Trinajstić information content (AvgIpc) is 2.57. The molecule has 0 atom stereocenters. The van der Waals surface area contributed by atoms with Crippen LogP contribution < -0.4 is 4.90 Å². The molecule has 0 saturated heterocycles. The van der Waals surface area contributed by atoms with Gasteiger partial charge in [0.25, 0.3) is 5.91 Å². The highest BCUT2D eigenvalue weighted by atomic mass is 35.5. The first-order chi connectivity index (χ1) is 11.1. The monoisotopic (exact) mass is 341 g/mol. The second-order valence-corrected chi connectivity index (χ2v) is 5.84. The first kappa shape index (κ1) is 15.6. The molecule has 0 aliphatic carbocycles. The van der Waals surface area contributed by atoms with Gasteiger partial charge in [-0.1, -0.05) is 47.5 Å². The van der Waals surface area contributed by atoms with Crippen molar-refractivity contribution in [3.63, 3.8) is 0 Å². The SMILES string of the molecule is O=C(c1ccc(Cl)cc1)N(c1ccccc1)c1cccc(Cl)c1. The molecule has 2 nitrogen and oxygen atoms in total. The van der Waals surface area contributed by atoms with E-state index in [4.69, 9.17) is 23.2 Å². The van der Waals surface area contributed by atoms with Crippen molar-refractivity contribution < 1.29 is 4.79 Å². The molecule has 0 aliphatic heterocycles. The van der Waals surface area contributed by atoms with Crippen LogP contribution >= 0.6 is 23.2 Å². The number of anilines is 2. The molecule has 0 radical (unpaired) electrons. The van der Waals surface area contributed by atoms with Crippen LogP contribution in [0.25, 0.3) is 0 Å². The van der Waals surface area contributed by atoms with E-state index in [0.29, 0.717) is 21.3 Å². The highest BCUT2D eigenvalue weighted by Gasteiger charge is 2.19. The van der Waals surface area contributed by atoms with Crippen LogP contribution in [0.2, 0.25) is 10.0 Å². The maximum Gasteiger partial charge on any atom is 0.262 e. The molecule has 0 saturated carbocycles. The lowest BCUT2D eigenvalue weighted by atomic mass is 10.1. The van der Waals surface area contributed by atoms with Crippen LogP contribution in [0, 0.1) is 0 Å². The van der Waals surface area contributed by atoms with Crippen molar-refractivity contribution >= 4 is 40.5 Å². The van der Waals surface area contributed by atoms with Crippen LogP contribution in [0.5, 0.6) is 0 Å². The summed E-state index contributed by atoms with van der Waals surface area (Å²) < 4.78 is 0. The van der Waals surface area contributed by atoms with Gasteiger partial charge in [-0.25, -0.2) is 0 Å². The highest BCUT2D eigenvalue weighted by molar-refractivity contribution is 6.31. The molecule has 0 unspecified atom stereocenters. The smallest absolute Gasteiger partial charge is 0.262 e. The van der Waals surface area contributed by atoms with E-state index >= 15 is 0 Å². The fourth-order valence-electron chi connectivity index (χ4n) is 2.30. The van der Waals surface area contributed by atoms with Crippen molar-refractivity contribution in [2.24, 2.45) is 0 Å². The van der Waals surface area contributed by atoms with Crippen molar-refractivity contribution in [1.29, 1.82) is 0 Å². The summed E-state index contributed by atoms with van der Waals surface area (Å²) in [5.41, 5.74) is 2.04. The number of carbonyl (C=O) groups is 1. The zero-order chi connectivity index (χ0) is 16.2. The number of hydrogen-bond acceptors (Lipinski definition) is 1. The highest BCUT2D eigenvalue weighted by Crippen LogP contribution is 2.29. The lowest BCUT2D eigenvalue weighted by molar-refractivity contribution is 0.0999. The molecule has 0 aliphatic rings. The van der Waals surface area contributed by atoms with E-state index in [2.05, 4.69) is 0 Å². The molecule has 0 aromatic heterocycles. The molecule has 3 aromatic rings. The Kier molecular flexibility index (Phi) is 4.65. The summed E-state index contributed by atoms with van der Waals surface area (Å²) in [6.45, 7) is 0. The van der Waals surface area contributed by atoms with Gasteiger partial charge in [0.2, 0.25) is 0 Å². The largest absolute Gasteiger partial charge is 0.277 e. The number of para-hydroxylation sites is 1. The predicted molar refractivity (Wildman–Crippen MR) is 95.8 cm³/mol. The Hall–Kier alpha value is -2.29. The summed E-state index contributed by atoms with van der Waals surface area (Å²) >= 11 is 12.0. The zero-order valence-corrected chi connectivity index (χ0v) is 13.6. The molecule has 0 N–H and O–H groups in total. The van der Waals surface area contributed by atoms with Gasteiger partial charge in [0.05, 0.1) is 5.69 Å². The molecule has 0 bridgehead atoms. The lowest BCUT2D eigenvalue weighted by Gasteiger charge is -2.23. The molecule has 114 valence electrons. The van der Waals surface area contributed by atoms with Crippen molar-refractivity contribution in [3.8, 4) is 0 Å². The summed E-state index contributed by atoms with van der Waals surface area (Å²) in [7, 11) is 0. The Labute approximate surface area is 144 Å². The number of carbonyl (C=O) groups excluding carboxylic acids is 1. The Bertz CT molecular complexity index is 816. The van der Waals surface area contributed by atoms with E-state index in [1.54, 1.807) is 41.3 Å². The Morgan fingerprint density at radius 1 is 0.696 bits per heavy atom. The van der Waals surface area contributed by atoms with Gasteiger partial charge in [0, 0.05) is 21.3 Å². The number of rotatable bonds is 3. The average molecular weight is 342 g/mol. The van der Waals surface area contributed by atoms with Gasteiger partial charge >= 0.3 is 0 Å². The number of amides is 1. The number of benzene rings is 3. The van der Waals surface area contributed by atoms with Crippen molar-refractivity contribution in [3.05, 3.63) is 94.5 Å². The van der Waals surface area contributed by atoms with E-state index < -0.39 is 0 Å². The van der Waals surface area contributed by atoms with Gasteiger partial charge in [0.1, 0.15) is 0 Å². The Morgan fingerprint density at radius 2 is 1.35 bits per heavy atom. The van der Waals surface area contributed by atoms with E-state index in [1.165, 1.54) is 0 Å². The van der Waals surface area contributed by atoms with Crippen molar-refractivity contribution in [2.75, 3.05) is 4.90 Å². The number of halogens is 2. The third kappa shape index (κ3) is 3.55. The quantitative estimate of drug-likeness (QED) is 0.574. The number of hydrogen-bond donors (Lipinski definition) is 0. The Balaban J connectivity index is 2.08. The van der Waals surface area contributed by atoms with Gasteiger partial charge in [-0.05, 0) is 54.6 Å². The van der Waals surface area contributed by atoms with E-state index in [1.807, 2.05) is 42.5 Å². The van der Waals surface area contributed by atoms with Gasteiger partial charge in [-0.3, -0.25) is 9.69 Å². The summed E-state index contributed by atoms with van der Waals surface area (Å²) in [5.74, 6) is -0.143. The van der Waals surface area contributed by atoms with Gasteiger partial charge in [0.15, 0.2) is 0 Å². The van der Waals surface area contributed by atoms with Crippen LogP contribution in [0.4, 0.5) is 11.4 Å². The second kappa shape index (κ2) is 6.86. The summed E-state index contributed by atoms with van der Waals surface area (Å²) in [6, 6.07) is 23.5. The topological polar surface area (TPSA) is 20.3 Å². The third-order valence-electron chi connectivity index (χ3n) is 3.38. The molecule has 3 rings (SSSR count). The van der Waals surface area contributed by atoms with E-state index in [-0.39, 0.29) is 5.91 Å². The minimum Gasteiger partial charge on any atom is -0.277 e. The first-order valence-electron chi connectivity index (χ1n) is 7.06. The maximum atomic E-state index is 13.0. The summed E-state index contributed by atoms with van der Waals surface area (Å²) in [4.78, 5) is 14.6. The van der Waals surface area contributed by atoms with Crippen LogP contribution in [-0.2, 0) is 0 Å².